The first-order valence-corrected chi connectivity index (χ1v) is 10.3. The van der Waals surface area contributed by atoms with Crippen LogP contribution in [0, 0.1) is 0 Å². The van der Waals surface area contributed by atoms with Gasteiger partial charge in [0.25, 0.3) is 0 Å². The van der Waals surface area contributed by atoms with Crippen LogP contribution >= 0.6 is 11.6 Å². The average Bonchev–Trinajstić information content (AvgIpc) is 3.20. The van der Waals surface area contributed by atoms with Crippen molar-refractivity contribution in [2.45, 2.75) is 13.8 Å². The number of hydrogen-bond donors (Lipinski definition) is 2. The molecule has 0 spiro atoms. The molecule has 7 heteroatoms. The van der Waals surface area contributed by atoms with Crippen LogP contribution in [0.25, 0.3) is 22.3 Å². The molecular formula is C23H23ClN6. The van der Waals surface area contributed by atoms with Crippen molar-refractivity contribution in [1.82, 2.24) is 19.9 Å². The Bertz CT molecular complexity index is 1160. The minimum atomic E-state index is 0.670. The average molecular weight is 419 g/mol. The molecule has 2 heterocycles. The molecule has 152 valence electrons. The Balaban J connectivity index is 1.59. The van der Waals surface area contributed by atoms with Crippen LogP contribution in [0.4, 0.5) is 17.2 Å². The zero-order chi connectivity index (χ0) is 20.9. The van der Waals surface area contributed by atoms with Gasteiger partial charge < -0.3 is 15.2 Å². The lowest BCUT2D eigenvalue weighted by Crippen LogP contribution is -2.20. The number of rotatable bonds is 7. The summed E-state index contributed by atoms with van der Waals surface area (Å²) in [6, 6.07) is 17.7. The monoisotopic (exact) mass is 418 g/mol. The second-order valence-electron chi connectivity index (χ2n) is 6.82. The third-order valence-corrected chi connectivity index (χ3v) is 5.11. The minimum Gasteiger partial charge on any atom is -0.363 e. The predicted molar refractivity (Wildman–Crippen MR) is 125 cm³/mol. The van der Waals surface area contributed by atoms with Gasteiger partial charge >= 0.3 is 0 Å². The Morgan fingerprint density at radius 3 is 2.60 bits per heavy atom. The number of aliphatic imine (C=N–C) groups is 1. The van der Waals surface area contributed by atoms with Crippen molar-refractivity contribution in [1.29, 1.82) is 0 Å². The van der Waals surface area contributed by atoms with E-state index in [-0.39, 0.29) is 0 Å². The van der Waals surface area contributed by atoms with E-state index < -0.39 is 0 Å². The highest BCUT2D eigenvalue weighted by Gasteiger charge is 2.10. The van der Waals surface area contributed by atoms with E-state index in [1.807, 2.05) is 42.7 Å². The second-order valence-corrected chi connectivity index (χ2v) is 7.25. The summed E-state index contributed by atoms with van der Waals surface area (Å²) in [6.45, 7) is 6.12. The Labute approximate surface area is 180 Å². The highest BCUT2D eigenvalue weighted by molar-refractivity contribution is 6.30. The maximum absolute atomic E-state index is 6.09. The predicted octanol–water partition coefficient (Wildman–Crippen LogP) is 6.02. The number of aromatic nitrogens is 3. The van der Waals surface area contributed by atoms with Crippen molar-refractivity contribution >= 4 is 46.2 Å². The summed E-state index contributed by atoms with van der Waals surface area (Å²) >= 11 is 6.09. The van der Waals surface area contributed by atoms with E-state index >= 15 is 0 Å². The molecule has 2 aromatic heterocycles. The van der Waals surface area contributed by atoms with Gasteiger partial charge in [-0.05, 0) is 55.8 Å². The Morgan fingerprint density at radius 1 is 1.07 bits per heavy atom. The van der Waals surface area contributed by atoms with E-state index in [1.54, 1.807) is 6.33 Å². The molecule has 0 unspecified atom stereocenters. The van der Waals surface area contributed by atoms with Crippen LogP contribution in [0.1, 0.15) is 13.8 Å². The van der Waals surface area contributed by atoms with Crippen molar-refractivity contribution in [2.24, 2.45) is 4.99 Å². The number of halogens is 1. The maximum atomic E-state index is 6.09. The Kier molecular flexibility index (Phi) is 5.95. The second kappa shape index (κ2) is 8.97. The number of nitrogens with zero attached hydrogens (tertiary/aromatic N) is 4. The number of fused-ring (bicyclic) bond motifs is 1. The van der Waals surface area contributed by atoms with Crippen LogP contribution in [0.15, 0.2) is 65.9 Å². The van der Waals surface area contributed by atoms with Crippen molar-refractivity contribution in [3.8, 4) is 11.3 Å². The van der Waals surface area contributed by atoms with Crippen molar-refractivity contribution < 1.29 is 0 Å². The lowest BCUT2D eigenvalue weighted by molar-refractivity contribution is 0.480. The van der Waals surface area contributed by atoms with Gasteiger partial charge in [-0.3, -0.25) is 0 Å². The highest BCUT2D eigenvalue weighted by Crippen LogP contribution is 2.29. The SMILES string of the molecule is CCN(C=Nc1ccc(-c2cc3c(Nc4cccc(Cl)c4)ncnc3[nH]2)cc1)CC. The van der Waals surface area contributed by atoms with Gasteiger partial charge in [0.1, 0.15) is 17.8 Å². The number of nitrogens with one attached hydrogen (secondary N) is 2. The third-order valence-electron chi connectivity index (χ3n) is 4.87. The zero-order valence-corrected chi connectivity index (χ0v) is 17.7. The molecule has 4 rings (SSSR count). The fraction of sp³-hybridized carbons (Fsp3) is 0.174. The third kappa shape index (κ3) is 4.44. The molecular weight excluding hydrogens is 396 g/mol. The summed E-state index contributed by atoms with van der Waals surface area (Å²) in [4.78, 5) is 18.8. The molecule has 0 atom stereocenters. The van der Waals surface area contributed by atoms with Crippen LogP contribution in [-0.2, 0) is 0 Å². The molecule has 0 saturated carbocycles. The molecule has 0 fully saturated rings. The van der Waals surface area contributed by atoms with E-state index in [0.29, 0.717) is 5.02 Å². The fourth-order valence-electron chi connectivity index (χ4n) is 3.16. The number of benzene rings is 2. The molecule has 2 aromatic carbocycles. The normalized spacial score (nSPS) is 11.3. The molecule has 30 heavy (non-hydrogen) atoms. The molecule has 2 N–H and O–H groups in total. The van der Waals surface area contributed by atoms with E-state index in [1.165, 1.54) is 0 Å². The van der Waals surface area contributed by atoms with Gasteiger partial charge in [-0.2, -0.15) is 0 Å². The number of H-pyrrole nitrogens is 1. The molecule has 0 aliphatic carbocycles. The maximum Gasteiger partial charge on any atom is 0.143 e. The fourth-order valence-corrected chi connectivity index (χ4v) is 3.35. The molecule has 6 nitrogen and oxygen atoms in total. The van der Waals surface area contributed by atoms with Gasteiger partial charge in [0.2, 0.25) is 0 Å². The summed E-state index contributed by atoms with van der Waals surface area (Å²) in [7, 11) is 0. The quantitative estimate of drug-likeness (QED) is 0.284. The molecule has 4 aromatic rings. The van der Waals surface area contributed by atoms with E-state index in [4.69, 9.17) is 11.6 Å². The lowest BCUT2D eigenvalue weighted by Gasteiger charge is -2.13. The van der Waals surface area contributed by atoms with Crippen LogP contribution in [-0.4, -0.2) is 39.3 Å². The molecule has 0 saturated heterocycles. The number of hydrogen-bond acceptors (Lipinski definition) is 4. The van der Waals surface area contributed by atoms with Crippen molar-refractivity contribution in [3.63, 3.8) is 0 Å². The van der Waals surface area contributed by atoms with Crippen LogP contribution in [0.2, 0.25) is 5.02 Å². The van der Waals surface area contributed by atoms with E-state index in [9.17, 15) is 0 Å². The van der Waals surface area contributed by atoms with Crippen molar-refractivity contribution in [2.75, 3.05) is 18.4 Å². The van der Waals surface area contributed by atoms with E-state index in [0.717, 1.165) is 52.6 Å². The summed E-state index contributed by atoms with van der Waals surface area (Å²) in [5.74, 6) is 0.727. The van der Waals surface area contributed by atoms with Gasteiger partial charge in [0.15, 0.2) is 0 Å². The van der Waals surface area contributed by atoms with Crippen LogP contribution < -0.4 is 5.32 Å². The summed E-state index contributed by atoms with van der Waals surface area (Å²) in [5, 5.41) is 4.90. The molecule has 0 aliphatic heterocycles. The van der Waals surface area contributed by atoms with Gasteiger partial charge in [0, 0.05) is 29.5 Å². The topological polar surface area (TPSA) is 69.2 Å². The summed E-state index contributed by atoms with van der Waals surface area (Å²) < 4.78 is 0. The van der Waals surface area contributed by atoms with Crippen molar-refractivity contribution in [3.05, 3.63) is 65.9 Å². The highest BCUT2D eigenvalue weighted by atomic mass is 35.5. The number of anilines is 2. The first-order chi connectivity index (χ1) is 14.7. The van der Waals surface area contributed by atoms with Gasteiger partial charge in [-0.25, -0.2) is 15.0 Å². The Morgan fingerprint density at radius 2 is 1.87 bits per heavy atom. The van der Waals surface area contributed by atoms with E-state index in [2.05, 4.69) is 62.2 Å². The Hall–Kier alpha value is -3.38. The standard InChI is InChI=1S/C23H23ClN6/c1-3-30(4-2)15-27-18-10-8-16(9-11-18)21-13-20-22(25-14-26-23(20)29-21)28-19-7-5-6-17(24)12-19/h5-15H,3-4H2,1-2H3,(H2,25,26,28,29). The summed E-state index contributed by atoms with van der Waals surface area (Å²) in [5.41, 5.74) is 4.60. The molecule has 0 aliphatic rings. The zero-order valence-electron chi connectivity index (χ0n) is 16.9. The minimum absolute atomic E-state index is 0.670. The largest absolute Gasteiger partial charge is 0.363 e. The van der Waals surface area contributed by atoms with Crippen LogP contribution in [0.5, 0.6) is 0 Å². The van der Waals surface area contributed by atoms with Gasteiger partial charge in [-0.1, -0.05) is 29.8 Å². The first kappa shape index (κ1) is 19.9. The summed E-state index contributed by atoms with van der Waals surface area (Å²) in [6.07, 6.45) is 3.43. The smallest absolute Gasteiger partial charge is 0.143 e. The molecule has 0 bridgehead atoms. The van der Waals surface area contributed by atoms with Gasteiger partial charge in [-0.15, -0.1) is 0 Å². The molecule has 0 amide bonds. The first-order valence-electron chi connectivity index (χ1n) is 9.91. The van der Waals surface area contributed by atoms with Gasteiger partial charge in [0.05, 0.1) is 17.4 Å². The van der Waals surface area contributed by atoms with Crippen LogP contribution in [0.3, 0.4) is 0 Å². The number of aromatic amines is 1. The lowest BCUT2D eigenvalue weighted by atomic mass is 10.1. The molecule has 0 radical (unpaired) electrons.